The number of anilines is 3. The molecule has 4 aromatic heterocycles. The fourth-order valence-electron chi connectivity index (χ4n) is 16.4. The molecule has 91 heavy (non-hydrogen) atoms. The Morgan fingerprint density at radius 1 is 0.231 bits per heavy atom. The maximum atomic E-state index is 7.65. The van der Waals surface area contributed by atoms with Crippen LogP contribution in [0.4, 0.5) is 17.1 Å². The first-order chi connectivity index (χ1) is 45.2. The predicted octanol–water partition coefficient (Wildman–Crippen LogP) is 23.1. The lowest BCUT2D eigenvalue weighted by molar-refractivity contribution is 0.665. The molecule has 0 unspecified atom stereocenters. The van der Waals surface area contributed by atoms with Crippen molar-refractivity contribution in [3.63, 3.8) is 0 Å². The van der Waals surface area contributed by atoms with Crippen LogP contribution in [0.1, 0.15) is 44.5 Å². The number of fused-ring (bicyclic) bond motifs is 22. The van der Waals surface area contributed by atoms with Crippen molar-refractivity contribution < 1.29 is 17.7 Å². The van der Waals surface area contributed by atoms with Gasteiger partial charge in [0.2, 0.25) is 0 Å². The number of furan rings is 4. The normalized spacial score (nSPS) is 13.7. The fourth-order valence-corrected chi connectivity index (χ4v) is 16.4. The Morgan fingerprint density at radius 2 is 0.549 bits per heavy atom. The lowest BCUT2D eigenvalue weighted by atomic mass is 9.67. The fraction of sp³-hybridized carbons (Fsp3) is 0.0233. The second-order valence-corrected chi connectivity index (χ2v) is 24.4. The third-order valence-electron chi connectivity index (χ3n) is 20.0. The van der Waals surface area contributed by atoms with Gasteiger partial charge < -0.3 is 22.6 Å². The topological polar surface area (TPSA) is 55.8 Å². The highest BCUT2D eigenvalue weighted by atomic mass is 16.3. The van der Waals surface area contributed by atoms with E-state index < -0.39 is 10.8 Å². The van der Waals surface area contributed by atoms with Crippen LogP contribution in [-0.4, -0.2) is 0 Å². The summed E-state index contributed by atoms with van der Waals surface area (Å²) in [6, 6.07) is 112. The Kier molecular flexibility index (Phi) is 10.4. The molecule has 0 saturated carbocycles. The molecule has 0 aliphatic heterocycles. The van der Waals surface area contributed by atoms with Crippen LogP contribution in [0, 0.1) is 0 Å². The molecule has 0 N–H and O–H groups in total. The molecule has 0 saturated heterocycles. The number of benzene rings is 14. The van der Waals surface area contributed by atoms with Gasteiger partial charge in [-0.1, -0.05) is 261 Å². The average molecular weight is 1160 g/mol. The van der Waals surface area contributed by atoms with Gasteiger partial charge in [-0.15, -0.1) is 0 Å². The molecule has 5 heteroatoms. The Hall–Kier alpha value is -11.9. The Labute approximate surface area is 522 Å². The van der Waals surface area contributed by atoms with Crippen molar-refractivity contribution in [1.82, 2.24) is 0 Å². The Morgan fingerprint density at radius 3 is 0.945 bits per heavy atom. The van der Waals surface area contributed by atoms with Crippen LogP contribution >= 0.6 is 0 Å². The van der Waals surface area contributed by atoms with Gasteiger partial charge in [0.1, 0.15) is 33.5 Å². The molecule has 0 radical (unpaired) electrons. The summed E-state index contributed by atoms with van der Waals surface area (Å²) in [6.45, 7) is 0. The van der Waals surface area contributed by atoms with Gasteiger partial charge in [-0.25, -0.2) is 0 Å². The van der Waals surface area contributed by atoms with Gasteiger partial charge in [0.15, 0.2) is 11.2 Å². The zero-order valence-corrected chi connectivity index (χ0v) is 49.0. The first kappa shape index (κ1) is 50.1. The largest absolute Gasteiger partial charge is 0.455 e. The number of hydrogen-bond acceptors (Lipinski definition) is 5. The lowest BCUT2D eigenvalue weighted by Gasteiger charge is -2.36. The highest BCUT2D eigenvalue weighted by molar-refractivity contribution is 6.27. The van der Waals surface area contributed by atoms with Crippen molar-refractivity contribution in [2.75, 3.05) is 4.90 Å². The van der Waals surface area contributed by atoms with Gasteiger partial charge in [0.05, 0.1) is 22.2 Å². The minimum atomic E-state index is -0.869. The van der Waals surface area contributed by atoms with Gasteiger partial charge in [-0.2, -0.15) is 0 Å². The number of hydrogen-bond donors (Lipinski definition) is 0. The molecule has 14 aromatic carbocycles. The summed E-state index contributed by atoms with van der Waals surface area (Å²) in [5, 5.41) is 8.29. The summed E-state index contributed by atoms with van der Waals surface area (Å²) in [5.74, 6) is 0. The summed E-state index contributed by atoms with van der Waals surface area (Å²) in [4.78, 5) is 2.45. The van der Waals surface area contributed by atoms with Gasteiger partial charge >= 0.3 is 0 Å². The van der Waals surface area contributed by atoms with Crippen LogP contribution in [0.15, 0.2) is 327 Å². The second-order valence-electron chi connectivity index (χ2n) is 24.4. The Balaban J connectivity index is 0.996. The monoisotopic (exact) mass is 1160 g/mol. The van der Waals surface area contributed by atoms with Crippen molar-refractivity contribution in [2.24, 2.45) is 0 Å². The van der Waals surface area contributed by atoms with Crippen molar-refractivity contribution in [1.29, 1.82) is 0 Å². The van der Waals surface area contributed by atoms with E-state index in [1.807, 2.05) is 0 Å². The van der Waals surface area contributed by atoms with E-state index >= 15 is 0 Å². The molecule has 0 atom stereocenters. The van der Waals surface area contributed by atoms with E-state index in [-0.39, 0.29) is 0 Å². The van der Waals surface area contributed by atoms with Crippen molar-refractivity contribution in [2.45, 2.75) is 10.8 Å². The SMILES string of the molecule is c1ccc(-c2ccc(N(c3cc4c(c5c3oc3ccccc35)-c3c(ccc5c3oc3ccccc35)C4(c3ccccc3)c3ccccc3)c3cc4c(c5c3oc3ccccc35)-c3c(ccc5c3oc3ccccc35)C4(c3ccccc3)c3ccccc3)cc2)cc1. The van der Waals surface area contributed by atoms with Gasteiger partial charge in [-0.05, 0) is 104 Å². The van der Waals surface area contributed by atoms with E-state index in [1.165, 1.54) is 0 Å². The standard InChI is InChI=1S/C86H51NO4/c1-6-24-52(25-7-1)53-42-44-58(45-43-53)87(69-50-67-77(75-63-36-18-22-40-73(63)90-83(69)75)79-65(48-46-61-59-34-16-20-38-71(59)88-81(61)79)85(67,54-26-8-2-9-27-54)55-28-10-3-11-29-55)70-51-68-78(76-64-37-19-23-41-74(64)91-84(70)76)80-66(49-47-62-60-35-17-21-39-72(60)89-82(62)80)86(68,56-30-12-4-13-31-56)57-32-14-5-15-33-57/h1-51H. The van der Waals surface area contributed by atoms with Crippen LogP contribution in [0.5, 0.6) is 0 Å². The lowest BCUT2D eigenvalue weighted by Crippen LogP contribution is -2.29. The van der Waals surface area contributed by atoms with Crippen molar-refractivity contribution in [3.8, 4) is 33.4 Å². The average Bonchev–Trinajstić information content (AvgIpc) is 1.52. The highest BCUT2D eigenvalue weighted by Gasteiger charge is 2.52. The highest BCUT2D eigenvalue weighted by Crippen LogP contribution is 2.66. The maximum Gasteiger partial charge on any atom is 0.160 e. The molecule has 0 amide bonds. The molecule has 2 aliphatic rings. The third-order valence-corrected chi connectivity index (χ3v) is 20.0. The third kappa shape index (κ3) is 6.68. The summed E-state index contributed by atoms with van der Waals surface area (Å²) in [5.41, 5.74) is 22.8. The van der Waals surface area contributed by atoms with E-state index in [4.69, 9.17) is 17.7 Å². The Bertz CT molecular complexity index is 5590. The quantitative estimate of drug-likeness (QED) is 0.152. The summed E-state index contributed by atoms with van der Waals surface area (Å²) in [7, 11) is 0. The molecule has 424 valence electrons. The van der Waals surface area contributed by atoms with E-state index in [0.29, 0.717) is 0 Å². The molecule has 0 spiro atoms. The molecule has 18 aromatic rings. The molecular weight excluding hydrogens is 1110 g/mol. The minimum absolute atomic E-state index is 0.734. The van der Waals surface area contributed by atoms with E-state index in [2.05, 4.69) is 314 Å². The zero-order valence-electron chi connectivity index (χ0n) is 49.0. The van der Waals surface area contributed by atoms with Crippen LogP contribution in [0.25, 0.3) is 121 Å². The molecule has 2 aliphatic carbocycles. The summed E-state index contributed by atoms with van der Waals surface area (Å²) >= 11 is 0. The summed E-state index contributed by atoms with van der Waals surface area (Å²) < 4.78 is 29.8. The first-order valence-corrected chi connectivity index (χ1v) is 31.2. The van der Waals surface area contributed by atoms with Crippen molar-refractivity contribution >= 4 is 105 Å². The van der Waals surface area contributed by atoms with Crippen LogP contribution in [0.2, 0.25) is 0 Å². The number of para-hydroxylation sites is 4. The van der Waals surface area contributed by atoms with Gasteiger partial charge in [0, 0.05) is 71.0 Å². The van der Waals surface area contributed by atoms with Gasteiger partial charge in [0.25, 0.3) is 0 Å². The second kappa shape index (κ2) is 18.8. The molecule has 4 heterocycles. The maximum absolute atomic E-state index is 7.65. The molecule has 0 bridgehead atoms. The van der Waals surface area contributed by atoms with Crippen LogP contribution in [-0.2, 0) is 10.8 Å². The molecule has 5 nitrogen and oxygen atoms in total. The minimum Gasteiger partial charge on any atom is -0.455 e. The predicted molar refractivity (Wildman–Crippen MR) is 370 cm³/mol. The van der Waals surface area contributed by atoms with Gasteiger partial charge in [-0.3, -0.25) is 0 Å². The molecular formula is C86H51NO4. The van der Waals surface area contributed by atoms with E-state index in [1.54, 1.807) is 0 Å². The van der Waals surface area contributed by atoms with Crippen LogP contribution in [0.3, 0.4) is 0 Å². The van der Waals surface area contributed by atoms with E-state index in [0.717, 1.165) is 183 Å². The zero-order chi connectivity index (χ0) is 59.5. The smallest absolute Gasteiger partial charge is 0.160 e. The number of nitrogens with zero attached hydrogens (tertiary/aromatic N) is 1. The van der Waals surface area contributed by atoms with E-state index in [9.17, 15) is 0 Å². The number of rotatable bonds is 8. The molecule has 0 fully saturated rings. The van der Waals surface area contributed by atoms with Crippen molar-refractivity contribution in [3.05, 3.63) is 354 Å². The first-order valence-electron chi connectivity index (χ1n) is 31.2. The summed E-state index contributed by atoms with van der Waals surface area (Å²) in [6.07, 6.45) is 0. The molecule has 20 rings (SSSR count). The van der Waals surface area contributed by atoms with Crippen LogP contribution < -0.4 is 4.90 Å².